The van der Waals surface area contributed by atoms with E-state index in [4.69, 9.17) is 9.97 Å². The first-order valence-electron chi connectivity index (χ1n) is 20.4. The van der Waals surface area contributed by atoms with Gasteiger partial charge in [0.15, 0.2) is 5.82 Å². The molecule has 1 spiro atoms. The van der Waals surface area contributed by atoms with E-state index in [0.29, 0.717) is 5.82 Å². The van der Waals surface area contributed by atoms with Crippen LogP contribution in [0.25, 0.3) is 67.3 Å². The summed E-state index contributed by atoms with van der Waals surface area (Å²) in [5, 5.41) is 0. The summed E-state index contributed by atoms with van der Waals surface area (Å²) in [6.07, 6.45) is 0. The Hall–Kier alpha value is -6.81. The molecule has 12 rings (SSSR count). The fourth-order valence-corrected chi connectivity index (χ4v) is 11.5. The van der Waals surface area contributed by atoms with E-state index >= 15 is 0 Å². The van der Waals surface area contributed by atoms with Gasteiger partial charge >= 0.3 is 0 Å². The lowest BCUT2D eigenvalue weighted by Crippen LogP contribution is -2.32. The summed E-state index contributed by atoms with van der Waals surface area (Å²) < 4.78 is 0. The minimum absolute atomic E-state index is 0.115. The van der Waals surface area contributed by atoms with Crippen LogP contribution in [0.5, 0.6) is 0 Å². The van der Waals surface area contributed by atoms with Crippen LogP contribution < -0.4 is 0 Å². The molecule has 0 amide bonds. The highest BCUT2D eigenvalue weighted by Crippen LogP contribution is 2.62. The van der Waals surface area contributed by atoms with Crippen molar-refractivity contribution in [1.29, 1.82) is 0 Å². The molecule has 0 bridgehead atoms. The Balaban J connectivity index is 1.06. The molecule has 8 aromatic carbocycles. The van der Waals surface area contributed by atoms with E-state index in [-0.39, 0.29) is 5.41 Å². The van der Waals surface area contributed by atoms with E-state index < -0.39 is 5.41 Å². The molecule has 0 fully saturated rings. The van der Waals surface area contributed by atoms with Gasteiger partial charge in [0.25, 0.3) is 0 Å². The van der Waals surface area contributed by atoms with Gasteiger partial charge in [-0.1, -0.05) is 189 Å². The second-order valence-corrected chi connectivity index (χ2v) is 17.5. The van der Waals surface area contributed by atoms with E-state index in [1.165, 1.54) is 65.4 Å². The van der Waals surface area contributed by atoms with Crippen molar-refractivity contribution in [3.63, 3.8) is 0 Å². The van der Waals surface area contributed by atoms with Gasteiger partial charge in [-0.05, 0) is 97.1 Å². The Labute approximate surface area is 349 Å². The Morgan fingerprint density at radius 1 is 0.339 bits per heavy atom. The lowest BCUT2D eigenvalue weighted by atomic mass is 9.67. The first-order valence-corrected chi connectivity index (χ1v) is 21.2. The summed E-state index contributed by atoms with van der Waals surface area (Å²) in [5.41, 5.74) is 19.9. The standard InChI is InChI=1S/C56H38N2S/c1-55(2)44-23-11-8-19-39(44)42-30-28-37(33-48(42)55)51-34-50(35-16-4-3-5-17-35)57-54(58-51)43-22-7-6-18-38(43)36-29-31-53-49(32-36)56(47-26-14-15-27-52(47)59-53)45-24-12-9-20-40(45)41-21-10-13-25-46(41)56/h3-34H,1-2H3. The van der Waals surface area contributed by atoms with E-state index in [0.717, 1.165) is 39.2 Å². The number of hydrogen-bond donors (Lipinski definition) is 0. The Kier molecular flexibility index (Phi) is 7.46. The maximum atomic E-state index is 5.44. The van der Waals surface area contributed by atoms with E-state index in [9.17, 15) is 0 Å². The zero-order valence-electron chi connectivity index (χ0n) is 32.8. The summed E-state index contributed by atoms with van der Waals surface area (Å²) in [5.74, 6) is 0.712. The number of aromatic nitrogens is 2. The topological polar surface area (TPSA) is 25.8 Å². The smallest absolute Gasteiger partial charge is 0.161 e. The second-order valence-electron chi connectivity index (χ2n) is 16.5. The first kappa shape index (κ1) is 34.3. The van der Waals surface area contributed by atoms with Crippen LogP contribution in [0.15, 0.2) is 204 Å². The number of fused-ring (bicyclic) bond motifs is 12. The molecule has 0 saturated carbocycles. The van der Waals surface area contributed by atoms with Gasteiger partial charge in [-0.3, -0.25) is 0 Å². The van der Waals surface area contributed by atoms with Crippen LogP contribution in [0.3, 0.4) is 0 Å². The second kappa shape index (κ2) is 12.8. The third-order valence-electron chi connectivity index (χ3n) is 13.0. The van der Waals surface area contributed by atoms with Crippen molar-refractivity contribution in [3.05, 3.63) is 228 Å². The predicted molar refractivity (Wildman–Crippen MR) is 243 cm³/mol. The molecule has 59 heavy (non-hydrogen) atoms. The molecule has 2 nitrogen and oxygen atoms in total. The molecule has 1 aliphatic heterocycles. The number of hydrogen-bond acceptors (Lipinski definition) is 3. The number of nitrogens with zero attached hydrogens (tertiary/aromatic N) is 2. The molecule has 0 atom stereocenters. The molecule has 9 aromatic rings. The lowest BCUT2D eigenvalue weighted by Gasteiger charge is -2.40. The van der Waals surface area contributed by atoms with E-state index in [2.05, 4.69) is 208 Å². The van der Waals surface area contributed by atoms with E-state index in [1.54, 1.807) is 0 Å². The van der Waals surface area contributed by atoms with Gasteiger partial charge in [0.05, 0.1) is 16.8 Å². The minimum atomic E-state index is -0.451. The number of benzene rings is 8. The highest BCUT2D eigenvalue weighted by molar-refractivity contribution is 7.99. The van der Waals surface area contributed by atoms with Crippen molar-refractivity contribution >= 4 is 11.8 Å². The molecule has 2 aliphatic carbocycles. The van der Waals surface area contributed by atoms with Crippen molar-refractivity contribution < 1.29 is 0 Å². The summed E-state index contributed by atoms with van der Waals surface area (Å²) in [6, 6.07) is 71.1. The molecule has 0 saturated heterocycles. The van der Waals surface area contributed by atoms with Crippen molar-refractivity contribution in [2.45, 2.75) is 34.5 Å². The highest BCUT2D eigenvalue weighted by atomic mass is 32.2. The fraction of sp³-hybridized carbons (Fsp3) is 0.0714. The van der Waals surface area contributed by atoms with Gasteiger partial charge in [0.1, 0.15) is 0 Å². The monoisotopic (exact) mass is 770 g/mol. The maximum Gasteiger partial charge on any atom is 0.161 e. The Morgan fingerprint density at radius 2 is 0.831 bits per heavy atom. The SMILES string of the molecule is CC1(C)c2ccccc2-c2ccc(-c3cc(-c4ccccc4)nc(-c4ccccc4-c4ccc5c(c4)C4(c6ccccc6S5)c5ccccc5-c5ccccc54)n3)cc21. The largest absolute Gasteiger partial charge is 0.228 e. The average molecular weight is 771 g/mol. The van der Waals surface area contributed by atoms with Crippen molar-refractivity contribution in [3.8, 4) is 67.3 Å². The normalized spacial score (nSPS) is 14.5. The summed E-state index contributed by atoms with van der Waals surface area (Å²) in [4.78, 5) is 13.4. The van der Waals surface area contributed by atoms with Crippen LogP contribution in [0.4, 0.5) is 0 Å². The maximum absolute atomic E-state index is 5.44. The third-order valence-corrected chi connectivity index (χ3v) is 14.2. The third kappa shape index (κ3) is 4.95. The lowest BCUT2D eigenvalue weighted by molar-refractivity contribution is 0.660. The van der Waals surface area contributed by atoms with Gasteiger partial charge < -0.3 is 0 Å². The van der Waals surface area contributed by atoms with Gasteiger partial charge in [-0.15, -0.1) is 0 Å². The summed E-state index contributed by atoms with van der Waals surface area (Å²) in [7, 11) is 0. The van der Waals surface area contributed by atoms with Crippen LogP contribution >= 0.6 is 11.8 Å². The molecule has 0 unspecified atom stereocenters. The van der Waals surface area contributed by atoms with E-state index in [1.807, 2.05) is 11.8 Å². The molecule has 2 heterocycles. The Bertz CT molecular complexity index is 3130. The van der Waals surface area contributed by atoms with Gasteiger partial charge in [-0.2, -0.15) is 0 Å². The molecular weight excluding hydrogens is 733 g/mol. The van der Waals surface area contributed by atoms with Gasteiger partial charge in [0, 0.05) is 31.9 Å². The van der Waals surface area contributed by atoms with Crippen molar-refractivity contribution in [2.75, 3.05) is 0 Å². The van der Waals surface area contributed by atoms with Gasteiger partial charge in [-0.25, -0.2) is 9.97 Å². The first-order chi connectivity index (χ1) is 29.0. The van der Waals surface area contributed by atoms with Gasteiger partial charge in [0.2, 0.25) is 0 Å². The Morgan fingerprint density at radius 3 is 1.54 bits per heavy atom. The van der Waals surface area contributed by atoms with Crippen molar-refractivity contribution in [2.24, 2.45) is 0 Å². The molecule has 0 radical (unpaired) electrons. The van der Waals surface area contributed by atoms with Crippen LogP contribution in [-0.4, -0.2) is 9.97 Å². The summed E-state index contributed by atoms with van der Waals surface area (Å²) in [6.45, 7) is 4.67. The number of rotatable bonds is 4. The molecule has 0 N–H and O–H groups in total. The predicted octanol–water partition coefficient (Wildman–Crippen LogP) is 14.3. The fourth-order valence-electron chi connectivity index (χ4n) is 10.3. The summed E-state index contributed by atoms with van der Waals surface area (Å²) >= 11 is 1.88. The average Bonchev–Trinajstić information content (AvgIpc) is 3.72. The highest BCUT2D eigenvalue weighted by Gasteiger charge is 2.50. The zero-order valence-corrected chi connectivity index (χ0v) is 33.6. The quantitative estimate of drug-likeness (QED) is 0.178. The van der Waals surface area contributed by atoms with Crippen LogP contribution in [-0.2, 0) is 10.8 Å². The minimum Gasteiger partial charge on any atom is -0.228 e. The molecule has 3 aliphatic rings. The zero-order chi connectivity index (χ0) is 39.3. The molecule has 278 valence electrons. The molecule has 3 heteroatoms. The van der Waals surface area contributed by atoms with Crippen LogP contribution in [0.1, 0.15) is 47.2 Å². The van der Waals surface area contributed by atoms with Crippen LogP contribution in [0, 0.1) is 0 Å². The molecular formula is C56H38N2S. The van der Waals surface area contributed by atoms with Crippen molar-refractivity contribution in [1.82, 2.24) is 9.97 Å². The van der Waals surface area contributed by atoms with Crippen LogP contribution in [0.2, 0.25) is 0 Å². The molecule has 1 aromatic heterocycles.